The van der Waals surface area contributed by atoms with Crippen LogP contribution in [0.15, 0.2) is 60.7 Å². The first-order valence-corrected chi connectivity index (χ1v) is 8.11. The summed E-state index contributed by atoms with van der Waals surface area (Å²) >= 11 is 0. The molecule has 2 atom stereocenters. The third-order valence-electron chi connectivity index (χ3n) is 4.23. The van der Waals surface area contributed by atoms with Crippen molar-refractivity contribution in [1.82, 2.24) is 0 Å². The molecule has 0 amide bonds. The predicted molar refractivity (Wildman–Crippen MR) is 90.7 cm³/mol. The Hall–Kier alpha value is -1.64. The van der Waals surface area contributed by atoms with Crippen molar-refractivity contribution in [1.29, 1.82) is 0 Å². The molecule has 0 bridgehead atoms. The zero-order valence-electron chi connectivity index (χ0n) is 13.1. The van der Waals surface area contributed by atoms with Gasteiger partial charge in [0.05, 0.1) is 0 Å². The second-order valence-electron chi connectivity index (χ2n) is 6.05. The molecule has 0 heterocycles. The topological polar surface area (TPSA) is 40.5 Å². The summed E-state index contributed by atoms with van der Waals surface area (Å²) in [6.45, 7) is 0.413. The van der Waals surface area contributed by atoms with Crippen molar-refractivity contribution in [3.05, 3.63) is 71.8 Å². The Bertz CT molecular complexity index is 460. The van der Waals surface area contributed by atoms with Crippen LogP contribution in [0, 0.1) is 11.8 Å². The van der Waals surface area contributed by atoms with Crippen molar-refractivity contribution in [3.8, 4) is 0 Å². The standard InChI is InChI=1S/C20H26O2/c21-15-19(13-17-7-3-1-4-8-17)11-12-20(16-22)14-18-9-5-2-6-10-18/h1-10,19-22H,11-16H2. The first-order valence-electron chi connectivity index (χ1n) is 8.11. The zero-order chi connectivity index (χ0) is 15.6. The monoisotopic (exact) mass is 298 g/mol. The van der Waals surface area contributed by atoms with Gasteiger partial charge < -0.3 is 10.2 Å². The molecule has 0 saturated heterocycles. The number of aliphatic hydroxyl groups is 2. The van der Waals surface area contributed by atoms with Crippen LogP contribution >= 0.6 is 0 Å². The molecule has 2 rings (SSSR count). The van der Waals surface area contributed by atoms with Gasteiger partial charge in [-0.05, 0) is 48.6 Å². The molecule has 0 aliphatic rings. The molecule has 0 aliphatic heterocycles. The summed E-state index contributed by atoms with van der Waals surface area (Å²) in [5.74, 6) is 0.541. The molecule has 0 saturated carbocycles. The van der Waals surface area contributed by atoms with Crippen LogP contribution in [0.4, 0.5) is 0 Å². The minimum Gasteiger partial charge on any atom is -0.396 e. The Morgan fingerprint density at radius 1 is 0.591 bits per heavy atom. The quantitative estimate of drug-likeness (QED) is 0.744. The summed E-state index contributed by atoms with van der Waals surface area (Å²) in [5.41, 5.74) is 2.54. The highest BCUT2D eigenvalue weighted by Crippen LogP contribution is 2.20. The van der Waals surface area contributed by atoms with Gasteiger partial charge in [-0.25, -0.2) is 0 Å². The highest BCUT2D eigenvalue weighted by Gasteiger charge is 2.14. The normalized spacial score (nSPS) is 13.7. The number of hydrogen-bond acceptors (Lipinski definition) is 2. The maximum absolute atomic E-state index is 9.60. The van der Waals surface area contributed by atoms with Crippen LogP contribution in [-0.4, -0.2) is 23.4 Å². The SMILES string of the molecule is OCC(CCC(CO)Cc1ccccc1)Cc1ccccc1. The molecule has 2 heteroatoms. The smallest absolute Gasteiger partial charge is 0.0462 e. The number of benzene rings is 2. The Morgan fingerprint density at radius 2 is 0.955 bits per heavy atom. The lowest BCUT2D eigenvalue weighted by molar-refractivity contribution is 0.182. The van der Waals surface area contributed by atoms with Gasteiger partial charge in [0, 0.05) is 13.2 Å². The largest absolute Gasteiger partial charge is 0.396 e. The van der Waals surface area contributed by atoms with Crippen LogP contribution in [0.1, 0.15) is 24.0 Å². The van der Waals surface area contributed by atoms with E-state index in [2.05, 4.69) is 24.3 Å². The van der Waals surface area contributed by atoms with E-state index in [4.69, 9.17) is 0 Å². The fourth-order valence-electron chi connectivity index (χ4n) is 2.88. The fourth-order valence-corrected chi connectivity index (χ4v) is 2.88. The molecule has 22 heavy (non-hydrogen) atoms. The Balaban J connectivity index is 1.83. The first kappa shape index (κ1) is 16.7. The summed E-state index contributed by atoms with van der Waals surface area (Å²) in [6.07, 6.45) is 3.70. The van der Waals surface area contributed by atoms with Crippen molar-refractivity contribution in [3.63, 3.8) is 0 Å². The fraction of sp³-hybridized carbons (Fsp3) is 0.400. The molecule has 0 spiro atoms. The van der Waals surface area contributed by atoms with Gasteiger partial charge in [-0.1, -0.05) is 60.7 Å². The average molecular weight is 298 g/mol. The third-order valence-corrected chi connectivity index (χ3v) is 4.23. The van der Waals surface area contributed by atoms with Gasteiger partial charge in [-0.3, -0.25) is 0 Å². The van der Waals surface area contributed by atoms with E-state index in [1.54, 1.807) is 0 Å². The predicted octanol–water partition coefficient (Wildman–Crippen LogP) is 3.47. The lowest BCUT2D eigenvalue weighted by Crippen LogP contribution is -2.15. The molecular weight excluding hydrogens is 272 g/mol. The average Bonchev–Trinajstić information content (AvgIpc) is 2.59. The molecule has 0 aliphatic carbocycles. The van der Waals surface area contributed by atoms with Crippen molar-refractivity contribution in [2.45, 2.75) is 25.7 Å². The molecule has 2 aromatic carbocycles. The summed E-state index contributed by atoms with van der Waals surface area (Å²) < 4.78 is 0. The van der Waals surface area contributed by atoms with Gasteiger partial charge in [0.25, 0.3) is 0 Å². The van der Waals surface area contributed by atoms with E-state index < -0.39 is 0 Å². The van der Waals surface area contributed by atoms with Gasteiger partial charge in [-0.2, -0.15) is 0 Å². The molecule has 0 aromatic heterocycles. The Morgan fingerprint density at radius 3 is 1.27 bits per heavy atom. The van der Waals surface area contributed by atoms with Gasteiger partial charge in [0.1, 0.15) is 0 Å². The summed E-state index contributed by atoms with van der Waals surface area (Å²) in [5, 5.41) is 19.2. The van der Waals surface area contributed by atoms with Crippen LogP contribution in [0.2, 0.25) is 0 Å². The van der Waals surface area contributed by atoms with Crippen molar-refractivity contribution < 1.29 is 10.2 Å². The van der Waals surface area contributed by atoms with Gasteiger partial charge in [0.15, 0.2) is 0 Å². The number of rotatable bonds is 9. The van der Waals surface area contributed by atoms with Crippen LogP contribution in [0.5, 0.6) is 0 Å². The lowest BCUT2D eigenvalue weighted by Gasteiger charge is -2.19. The van der Waals surface area contributed by atoms with Crippen molar-refractivity contribution in [2.75, 3.05) is 13.2 Å². The molecule has 2 nitrogen and oxygen atoms in total. The van der Waals surface area contributed by atoms with Gasteiger partial charge in [0.2, 0.25) is 0 Å². The minimum atomic E-state index is 0.207. The summed E-state index contributed by atoms with van der Waals surface area (Å²) in [7, 11) is 0. The second-order valence-corrected chi connectivity index (χ2v) is 6.05. The minimum absolute atomic E-state index is 0.207. The Kier molecular flexibility index (Phi) is 7.14. The van der Waals surface area contributed by atoms with E-state index in [9.17, 15) is 10.2 Å². The lowest BCUT2D eigenvalue weighted by atomic mass is 9.89. The van der Waals surface area contributed by atoms with Crippen LogP contribution in [0.3, 0.4) is 0 Å². The Labute approximate surface area is 133 Å². The van der Waals surface area contributed by atoms with E-state index in [0.717, 1.165) is 25.7 Å². The summed E-state index contributed by atoms with van der Waals surface area (Å²) in [6, 6.07) is 20.6. The van der Waals surface area contributed by atoms with E-state index in [1.807, 2.05) is 36.4 Å². The molecule has 2 unspecified atom stereocenters. The molecule has 118 valence electrons. The highest BCUT2D eigenvalue weighted by atomic mass is 16.3. The third kappa shape index (κ3) is 5.63. The molecule has 0 fully saturated rings. The van der Waals surface area contributed by atoms with Crippen LogP contribution in [-0.2, 0) is 12.8 Å². The van der Waals surface area contributed by atoms with Crippen LogP contribution < -0.4 is 0 Å². The number of aliphatic hydroxyl groups excluding tert-OH is 2. The van der Waals surface area contributed by atoms with E-state index in [1.165, 1.54) is 11.1 Å². The number of hydrogen-bond donors (Lipinski definition) is 2. The molecular formula is C20H26O2. The maximum Gasteiger partial charge on any atom is 0.0462 e. The first-order chi connectivity index (χ1) is 10.8. The van der Waals surface area contributed by atoms with E-state index in [0.29, 0.717) is 0 Å². The highest BCUT2D eigenvalue weighted by molar-refractivity contribution is 5.16. The molecule has 2 aromatic rings. The van der Waals surface area contributed by atoms with E-state index in [-0.39, 0.29) is 25.0 Å². The molecule has 2 N–H and O–H groups in total. The van der Waals surface area contributed by atoms with Crippen molar-refractivity contribution in [2.24, 2.45) is 11.8 Å². The molecule has 0 radical (unpaired) electrons. The van der Waals surface area contributed by atoms with Crippen molar-refractivity contribution >= 4 is 0 Å². The zero-order valence-corrected chi connectivity index (χ0v) is 13.1. The van der Waals surface area contributed by atoms with E-state index >= 15 is 0 Å². The summed E-state index contributed by atoms with van der Waals surface area (Å²) in [4.78, 5) is 0. The second kappa shape index (κ2) is 9.39. The van der Waals surface area contributed by atoms with Gasteiger partial charge in [-0.15, -0.1) is 0 Å². The maximum atomic E-state index is 9.60. The van der Waals surface area contributed by atoms with Gasteiger partial charge >= 0.3 is 0 Å². The van der Waals surface area contributed by atoms with Crippen LogP contribution in [0.25, 0.3) is 0 Å².